The van der Waals surface area contributed by atoms with Crippen LogP contribution < -0.4 is 5.56 Å². The molecule has 40 heavy (non-hydrogen) atoms. The first-order valence-corrected chi connectivity index (χ1v) is 15.2. The van der Waals surface area contributed by atoms with Crippen LogP contribution in [0.4, 0.5) is 0 Å². The maximum Gasteiger partial charge on any atom is 0.280 e. The van der Waals surface area contributed by atoms with Gasteiger partial charge in [-0.2, -0.15) is 0 Å². The van der Waals surface area contributed by atoms with E-state index in [4.69, 9.17) is 0 Å². The lowest BCUT2D eigenvalue weighted by molar-refractivity contribution is 0.185. The highest BCUT2D eigenvalue weighted by Crippen LogP contribution is 2.51. The van der Waals surface area contributed by atoms with E-state index in [1.54, 1.807) is 41.2 Å². The average Bonchev–Trinajstić information content (AvgIpc) is 3.51. The smallest absolute Gasteiger partial charge is 0.280 e. The number of rotatable bonds is 6. The molecule has 0 radical (unpaired) electrons. The van der Waals surface area contributed by atoms with Crippen molar-refractivity contribution in [1.29, 1.82) is 0 Å². The summed E-state index contributed by atoms with van der Waals surface area (Å²) in [6, 6.07) is 16.5. The van der Waals surface area contributed by atoms with E-state index in [1.807, 2.05) is 36.9 Å². The average molecular weight is 554 g/mol. The molecule has 0 bridgehead atoms. The lowest BCUT2D eigenvalue weighted by atomic mass is 9.58. The standard InChI is InChI=1S/C31H31N5O3S/c1-20-7-11-25(12-8-20)40(38,39)36-14-13-26-27(22-9-10-22)18-35(29(37)28(26)36)24-6-4-5-23(15-24)31(16-21(2)17-31)30-33-32-19-34(30)3/h4-8,11-15,18-19,21-22H,9-10,16-17H2,1-3H3. The SMILES string of the molecule is Cc1ccc(S(=O)(=O)n2ccc3c(C4CC4)cn(-c4cccc(C5(c6nncn6C)CC(C)C5)c4)c(=O)c32)cc1. The van der Waals surface area contributed by atoms with Crippen molar-refractivity contribution in [3.63, 3.8) is 0 Å². The molecule has 2 aliphatic carbocycles. The Kier molecular flexibility index (Phi) is 5.48. The van der Waals surface area contributed by atoms with E-state index in [-0.39, 0.29) is 21.4 Å². The van der Waals surface area contributed by atoms with Crippen molar-refractivity contribution in [1.82, 2.24) is 23.3 Å². The van der Waals surface area contributed by atoms with Crippen LogP contribution in [0.5, 0.6) is 0 Å². The number of hydrogen-bond donors (Lipinski definition) is 0. The van der Waals surface area contributed by atoms with Gasteiger partial charge in [-0.3, -0.25) is 9.36 Å². The van der Waals surface area contributed by atoms with Gasteiger partial charge in [-0.1, -0.05) is 36.8 Å². The first-order chi connectivity index (χ1) is 19.2. The first-order valence-electron chi connectivity index (χ1n) is 13.7. The summed E-state index contributed by atoms with van der Waals surface area (Å²) in [4.78, 5) is 14.3. The van der Waals surface area contributed by atoms with Crippen molar-refractivity contribution in [2.24, 2.45) is 13.0 Å². The molecule has 7 rings (SSSR count). The van der Waals surface area contributed by atoms with Gasteiger partial charge in [0.25, 0.3) is 15.6 Å². The molecular weight excluding hydrogens is 522 g/mol. The summed E-state index contributed by atoms with van der Waals surface area (Å²) in [5.41, 5.74) is 3.34. The van der Waals surface area contributed by atoms with Crippen LogP contribution in [-0.2, 0) is 22.5 Å². The second kappa shape index (κ2) is 8.76. The van der Waals surface area contributed by atoms with Crippen molar-refractivity contribution >= 4 is 20.9 Å². The molecule has 0 N–H and O–H groups in total. The normalized spacial score (nSPS) is 21.0. The Morgan fingerprint density at radius 3 is 2.42 bits per heavy atom. The molecule has 5 aromatic rings. The maximum absolute atomic E-state index is 14.2. The molecule has 3 heterocycles. The van der Waals surface area contributed by atoms with Crippen LogP contribution >= 0.6 is 0 Å². The summed E-state index contributed by atoms with van der Waals surface area (Å²) >= 11 is 0. The molecule has 9 heteroatoms. The molecule has 2 saturated carbocycles. The monoisotopic (exact) mass is 553 g/mol. The predicted octanol–water partition coefficient (Wildman–Crippen LogP) is 5.06. The topological polar surface area (TPSA) is 91.8 Å². The number of aryl methyl sites for hydroxylation is 2. The minimum absolute atomic E-state index is 0.157. The highest BCUT2D eigenvalue weighted by molar-refractivity contribution is 7.90. The minimum Gasteiger partial charge on any atom is -0.320 e. The molecule has 8 nitrogen and oxygen atoms in total. The van der Waals surface area contributed by atoms with E-state index in [0.717, 1.165) is 52.2 Å². The summed E-state index contributed by atoms with van der Waals surface area (Å²) in [6.45, 7) is 4.15. The van der Waals surface area contributed by atoms with Crippen molar-refractivity contribution in [3.8, 4) is 5.69 Å². The van der Waals surface area contributed by atoms with E-state index in [1.165, 1.54) is 6.20 Å². The molecule has 0 unspecified atom stereocenters. The zero-order chi connectivity index (χ0) is 27.8. The van der Waals surface area contributed by atoms with Crippen molar-refractivity contribution in [3.05, 3.63) is 106 Å². The van der Waals surface area contributed by atoms with E-state index in [2.05, 4.69) is 29.3 Å². The molecule has 2 fully saturated rings. The number of benzene rings is 2. The van der Waals surface area contributed by atoms with Crippen molar-refractivity contribution < 1.29 is 8.42 Å². The summed E-state index contributed by atoms with van der Waals surface area (Å²) in [5.74, 6) is 1.78. The third-order valence-electron chi connectivity index (χ3n) is 8.66. The number of fused-ring (bicyclic) bond motifs is 1. The highest BCUT2D eigenvalue weighted by atomic mass is 32.2. The van der Waals surface area contributed by atoms with Crippen LogP contribution in [0.1, 0.15) is 61.0 Å². The summed E-state index contributed by atoms with van der Waals surface area (Å²) in [6.07, 6.45) is 9.11. The lowest BCUT2D eigenvalue weighted by Gasteiger charge is -2.46. The zero-order valence-electron chi connectivity index (χ0n) is 22.8. The van der Waals surface area contributed by atoms with E-state index < -0.39 is 10.0 Å². The Morgan fingerprint density at radius 2 is 1.77 bits per heavy atom. The van der Waals surface area contributed by atoms with Gasteiger partial charge in [0.15, 0.2) is 0 Å². The Bertz CT molecular complexity index is 1940. The van der Waals surface area contributed by atoms with Crippen LogP contribution in [-0.4, -0.2) is 31.7 Å². The third-order valence-corrected chi connectivity index (χ3v) is 10.3. The predicted molar refractivity (Wildman–Crippen MR) is 153 cm³/mol. The number of pyridine rings is 1. The van der Waals surface area contributed by atoms with Crippen LogP contribution in [0, 0.1) is 12.8 Å². The Labute approximate surface area is 233 Å². The Balaban J connectivity index is 1.42. The van der Waals surface area contributed by atoms with Crippen LogP contribution in [0.3, 0.4) is 0 Å². The molecule has 3 aromatic heterocycles. The van der Waals surface area contributed by atoms with Gasteiger partial charge in [0.2, 0.25) is 0 Å². The molecule has 0 amide bonds. The fourth-order valence-corrected chi connectivity index (χ4v) is 7.87. The molecular formula is C31H31N5O3S. The van der Waals surface area contributed by atoms with Crippen molar-refractivity contribution in [2.75, 3.05) is 0 Å². The van der Waals surface area contributed by atoms with Gasteiger partial charge >= 0.3 is 0 Å². The maximum atomic E-state index is 14.2. The molecule has 0 spiro atoms. The number of aromatic nitrogens is 5. The number of hydrogen-bond acceptors (Lipinski definition) is 5. The quantitative estimate of drug-likeness (QED) is 0.293. The number of nitrogens with zero attached hydrogens (tertiary/aromatic N) is 5. The van der Waals surface area contributed by atoms with Crippen molar-refractivity contribution in [2.45, 2.75) is 55.8 Å². The fourth-order valence-electron chi connectivity index (χ4n) is 6.52. The molecule has 2 aromatic carbocycles. The minimum atomic E-state index is -3.96. The van der Waals surface area contributed by atoms with E-state index in [9.17, 15) is 13.2 Å². The van der Waals surface area contributed by atoms with Gasteiger partial charge in [-0.15, -0.1) is 10.2 Å². The molecule has 204 valence electrons. The summed E-state index contributed by atoms with van der Waals surface area (Å²) < 4.78 is 32.3. The molecule has 0 saturated heterocycles. The van der Waals surface area contributed by atoms with Gasteiger partial charge in [-0.05, 0) is 85.9 Å². The largest absolute Gasteiger partial charge is 0.320 e. The van der Waals surface area contributed by atoms with Crippen LogP contribution in [0.25, 0.3) is 16.6 Å². The highest BCUT2D eigenvalue weighted by Gasteiger charge is 2.48. The molecule has 2 aliphatic rings. The Morgan fingerprint density at radius 1 is 1.02 bits per heavy atom. The van der Waals surface area contributed by atoms with Gasteiger partial charge < -0.3 is 4.57 Å². The molecule has 0 atom stereocenters. The van der Waals surface area contributed by atoms with Gasteiger partial charge in [-0.25, -0.2) is 12.4 Å². The molecule has 0 aliphatic heterocycles. The summed E-state index contributed by atoms with van der Waals surface area (Å²) in [5, 5.41) is 9.32. The second-order valence-corrected chi connectivity index (χ2v) is 13.5. The summed E-state index contributed by atoms with van der Waals surface area (Å²) in [7, 11) is -2.00. The van der Waals surface area contributed by atoms with Gasteiger partial charge in [0.1, 0.15) is 17.7 Å². The van der Waals surface area contributed by atoms with Crippen LogP contribution in [0.2, 0.25) is 0 Å². The van der Waals surface area contributed by atoms with Gasteiger partial charge in [0.05, 0.1) is 10.3 Å². The Hall–Kier alpha value is -3.98. The lowest BCUT2D eigenvalue weighted by Crippen LogP contribution is -2.43. The third kappa shape index (κ3) is 3.71. The van der Waals surface area contributed by atoms with Crippen LogP contribution in [0.15, 0.2) is 83.0 Å². The van der Waals surface area contributed by atoms with E-state index in [0.29, 0.717) is 22.9 Å². The zero-order valence-corrected chi connectivity index (χ0v) is 23.6. The van der Waals surface area contributed by atoms with Gasteiger partial charge in [0, 0.05) is 30.5 Å². The van der Waals surface area contributed by atoms with E-state index >= 15 is 0 Å². The first kappa shape index (κ1) is 25.0. The fraction of sp³-hybridized carbons (Fsp3) is 0.323. The second-order valence-electron chi connectivity index (χ2n) is 11.6.